The lowest BCUT2D eigenvalue weighted by atomic mass is 10.1. The quantitative estimate of drug-likeness (QED) is 0.834. The fourth-order valence-electron chi connectivity index (χ4n) is 2.39. The van der Waals surface area contributed by atoms with Crippen LogP contribution in [0.25, 0.3) is 0 Å². The van der Waals surface area contributed by atoms with Gasteiger partial charge in [0.25, 0.3) is 0 Å². The summed E-state index contributed by atoms with van der Waals surface area (Å²) in [5.41, 5.74) is 1.06. The molecule has 0 amide bonds. The summed E-state index contributed by atoms with van der Waals surface area (Å²) in [5, 5.41) is 3.44. The lowest BCUT2D eigenvalue weighted by Crippen LogP contribution is -2.26. The van der Waals surface area contributed by atoms with Gasteiger partial charge in [0.05, 0.1) is 6.61 Å². The number of hydrogen-bond acceptors (Lipinski definition) is 4. The molecule has 1 fully saturated rings. The number of ether oxygens (including phenoxy) is 1. The van der Waals surface area contributed by atoms with Gasteiger partial charge < -0.3 is 15.0 Å². The second kappa shape index (κ2) is 6.71. The molecule has 100 valence electrons. The maximum absolute atomic E-state index is 5.11. The first-order valence-electron chi connectivity index (χ1n) is 6.67. The number of nitrogens with one attached hydrogen (secondary N) is 1. The van der Waals surface area contributed by atoms with Gasteiger partial charge in [-0.1, -0.05) is 6.07 Å². The fourth-order valence-corrected chi connectivity index (χ4v) is 2.39. The molecule has 1 saturated heterocycles. The highest BCUT2D eigenvalue weighted by Gasteiger charge is 2.21. The van der Waals surface area contributed by atoms with E-state index in [-0.39, 0.29) is 0 Å². The molecule has 4 heteroatoms. The minimum atomic E-state index is 0.726. The van der Waals surface area contributed by atoms with Crippen LogP contribution in [0.2, 0.25) is 0 Å². The van der Waals surface area contributed by atoms with E-state index >= 15 is 0 Å². The Morgan fingerprint density at radius 3 is 3.17 bits per heavy atom. The highest BCUT2D eigenvalue weighted by atomic mass is 16.5. The number of anilines is 1. The number of likely N-dealkylation sites (tertiary alicyclic amines) is 1. The molecule has 1 N–H and O–H groups in total. The molecule has 0 unspecified atom stereocenters. The van der Waals surface area contributed by atoms with Crippen molar-refractivity contribution in [3.63, 3.8) is 0 Å². The third kappa shape index (κ3) is 3.96. The van der Waals surface area contributed by atoms with E-state index in [1.165, 1.54) is 19.5 Å². The van der Waals surface area contributed by atoms with Crippen LogP contribution in [0.1, 0.15) is 12.1 Å². The number of rotatable bonds is 6. The van der Waals surface area contributed by atoms with E-state index in [1.807, 2.05) is 25.1 Å². The lowest BCUT2D eigenvalue weighted by Gasteiger charge is -2.15. The van der Waals surface area contributed by atoms with Crippen molar-refractivity contribution in [2.45, 2.75) is 13.3 Å². The molecule has 18 heavy (non-hydrogen) atoms. The van der Waals surface area contributed by atoms with Gasteiger partial charge in [-0.2, -0.15) is 0 Å². The van der Waals surface area contributed by atoms with Crippen LogP contribution in [0.15, 0.2) is 18.2 Å². The van der Waals surface area contributed by atoms with Crippen LogP contribution < -0.4 is 5.32 Å². The van der Waals surface area contributed by atoms with Crippen molar-refractivity contribution in [3.8, 4) is 0 Å². The maximum Gasteiger partial charge on any atom is 0.126 e. The molecule has 1 aromatic heterocycles. The Labute approximate surface area is 109 Å². The zero-order valence-corrected chi connectivity index (χ0v) is 11.4. The number of methoxy groups -OCH3 is 1. The summed E-state index contributed by atoms with van der Waals surface area (Å²) in [6.07, 6.45) is 1.27. The molecule has 0 aliphatic carbocycles. The highest BCUT2D eigenvalue weighted by molar-refractivity contribution is 5.35. The van der Waals surface area contributed by atoms with E-state index < -0.39 is 0 Å². The molecule has 2 rings (SSSR count). The van der Waals surface area contributed by atoms with Crippen molar-refractivity contribution in [2.24, 2.45) is 5.92 Å². The van der Waals surface area contributed by atoms with E-state index in [2.05, 4.69) is 15.2 Å². The minimum absolute atomic E-state index is 0.726. The standard InChI is InChI=1S/C14H23N3O/c1-12-4-3-5-14(16-12)15-10-13-6-7-17(11-13)8-9-18-2/h3-5,13H,6-11H2,1-2H3,(H,15,16)/t13-/m1/s1. The summed E-state index contributed by atoms with van der Waals surface area (Å²) in [7, 11) is 1.76. The number of hydrogen-bond donors (Lipinski definition) is 1. The molecular weight excluding hydrogens is 226 g/mol. The van der Waals surface area contributed by atoms with Gasteiger partial charge in [-0.25, -0.2) is 4.98 Å². The van der Waals surface area contributed by atoms with Crippen molar-refractivity contribution in [2.75, 3.05) is 45.2 Å². The zero-order valence-electron chi connectivity index (χ0n) is 11.4. The summed E-state index contributed by atoms with van der Waals surface area (Å²) >= 11 is 0. The van der Waals surface area contributed by atoms with Gasteiger partial charge in [0, 0.05) is 32.4 Å². The van der Waals surface area contributed by atoms with E-state index in [0.29, 0.717) is 0 Å². The van der Waals surface area contributed by atoms with Crippen LogP contribution in [-0.4, -0.2) is 49.8 Å². The van der Waals surface area contributed by atoms with E-state index in [4.69, 9.17) is 4.74 Å². The molecule has 0 aromatic carbocycles. The second-order valence-electron chi connectivity index (χ2n) is 4.99. The largest absolute Gasteiger partial charge is 0.383 e. The Hall–Kier alpha value is -1.13. The maximum atomic E-state index is 5.11. The topological polar surface area (TPSA) is 37.4 Å². The van der Waals surface area contributed by atoms with Gasteiger partial charge in [-0.05, 0) is 37.9 Å². The van der Waals surface area contributed by atoms with Gasteiger partial charge in [0.15, 0.2) is 0 Å². The average molecular weight is 249 g/mol. The van der Waals surface area contributed by atoms with Crippen molar-refractivity contribution < 1.29 is 4.74 Å². The summed E-state index contributed by atoms with van der Waals surface area (Å²) in [4.78, 5) is 6.93. The average Bonchev–Trinajstić information content (AvgIpc) is 2.82. The van der Waals surface area contributed by atoms with Crippen LogP contribution in [0.5, 0.6) is 0 Å². The van der Waals surface area contributed by atoms with Gasteiger partial charge in [-0.3, -0.25) is 0 Å². The van der Waals surface area contributed by atoms with Crippen LogP contribution in [0.3, 0.4) is 0 Å². The molecular formula is C14H23N3O. The van der Waals surface area contributed by atoms with Crippen molar-refractivity contribution in [1.29, 1.82) is 0 Å². The predicted molar refractivity (Wildman–Crippen MR) is 73.9 cm³/mol. The molecule has 0 saturated carbocycles. The Morgan fingerprint density at radius 1 is 1.50 bits per heavy atom. The minimum Gasteiger partial charge on any atom is -0.383 e. The first-order valence-corrected chi connectivity index (χ1v) is 6.67. The van der Waals surface area contributed by atoms with Crippen molar-refractivity contribution >= 4 is 5.82 Å². The third-order valence-corrected chi connectivity index (χ3v) is 3.44. The van der Waals surface area contributed by atoms with Crippen molar-refractivity contribution in [1.82, 2.24) is 9.88 Å². The molecule has 0 radical (unpaired) electrons. The highest BCUT2D eigenvalue weighted by Crippen LogP contribution is 2.16. The molecule has 0 bridgehead atoms. The molecule has 1 aliphatic heterocycles. The van der Waals surface area contributed by atoms with E-state index in [0.717, 1.165) is 37.1 Å². The van der Waals surface area contributed by atoms with Crippen molar-refractivity contribution in [3.05, 3.63) is 23.9 Å². The van der Waals surface area contributed by atoms with Gasteiger partial charge in [0.1, 0.15) is 5.82 Å². The first-order chi connectivity index (χ1) is 8.78. The number of aryl methyl sites for hydroxylation is 1. The summed E-state index contributed by atoms with van der Waals surface area (Å²) in [6, 6.07) is 6.10. The summed E-state index contributed by atoms with van der Waals surface area (Å²) in [6.45, 7) is 7.28. The van der Waals surface area contributed by atoms with Gasteiger partial charge in [-0.15, -0.1) is 0 Å². The van der Waals surface area contributed by atoms with E-state index in [9.17, 15) is 0 Å². The van der Waals surface area contributed by atoms with Crippen LogP contribution >= 0.6 is 0 Å². The number of aromatic nitrogens is 1. The fraction of sp³-hybridized carbons (Fsp3) is 0.643. The number of nitrogens with zero attached hydrogens (tertiary/aromatic N) is 2. The zero-order chi connectivity index (χ0) is 12.8. The summed E-state index contributed by atoms with van der Waals surface area (Å²) in [5.74, 6) is 1.72. The second-order valence-corrected chi connectivity index (χ2v) is 4.99. The van der Waals surface area contributed by atoms with Crippen LogP contribution in [0.4, 0.5) is 5.82 Å². The van der Waals surface area contributed by atoms with Crippen LogP contribution in [0, 0.1) is 12.8 Å². The third-order valence-electron chi connectivity index (χ3n) is 3.44. The predicted octanol–water partition coefficient (Wildman–Crippen LogP) is 1.77. The molecule has 1 aromatic rings. The molecule has 1 aliphatic rings. The molecule has 4 nitrogen and oxygen atoms in total. The van der Waals surface area contributed by atoms with Crippen LogP contribution in [-0.2, 0) is 4.74 Å². The number of pyridine rings is 1. The van der Waals surface area contributed by atoms with Gasteiger partial charge >= 0.3 is 0 Å². The smallest absolute Gasteiger partial charge is 0.126 e. The lowest BCUT2D eigenvalue weighted by molar-refractivity contribution is 0.159. The Morgan fingerprint density at radius 2 is 2.39 bits per heavy atom. The monoisotopic (exact) mass is 249 g/mol. The van der Waals surface area contributed by atoms with Gasteiger partial charge in [0.2, 0.25) is 0 Å². The summed E-state index contributed by atoms with van der Waals surface area (Å²) < 4.78 is 5.11. The first kappa shape index (κ1) is 13.3. The Bertz CT molecular complexity index is 370. The Balaban J connectivity index is 1.72. The molecule has 1 atom stereocenters. The SMILES string of the molecule is COCCN1CC[C@H](CNc2cccc(C)n2)C1. The molecule has 0 spiro atoms. The Kier molecular flexibility index (Phi) is 4.96. The van der Waals surface area contributed by atoms with E-state index in [1.54, 1.807) is 7.11 Å². The normalized spacial score (nSPS) is 20.2. The molecule has 2 heterocycles.